The van der Waals surface area contributed by atoms with Crippen LogP contribution in [0.5, 0.6) is 0 Å². The number of nitrogens with zero attached hydrogens (tertiary/aromatic N) is 1. The zero-order chi connectivity index (χ0) is 6.53. The van der Waals surface area contributed by atoms with E-state index in [0.29, 0.717) is 25.5 Å². The lowest BCUT2D eigenvalue weighted by molar-refractivity contribution is 0.0626. The Bertz CT molecular complexity index is 131. The van der Waals surface area contributed by atoms with Crippen molar-refractivity contribution in [1.29, 1.82) is 0 Å². The lowest BCUT2D eigenvalue weighted by Gasteiger charge is -2.11. The molecule has 50 valence electrons. The molecule has 0 aromatic heterocycles. The Morgan fingerprint density at radius 3 is 3.11 bits per heavy atom. The van der Waals surface area contributed by atoms with Crippen molar-refractivity contribution in [3.8, 4) is 0 Å². The van der Waals surface area contributed by atoms with Crippen LogP contribution < -0.4 is 0 Å². The first kappa shape index (κ1) is 6.13. The van der Waals surface area contributed by atoms with Crippen LogP contribution in [0.4, 0.5) is 0 Å². The summed E-state index contributed by atoms with van der Waals surface area (Å²) in [6.45, 7) is 4.70. The van der Waals surface area contributed by atoms with E-state index >= 15 is 0 Å². The smallest absolute Gasteiger partial charge is 0.229 e. The third kappa shape index (κ3) is 1.76. The van der Waals surface area contributed by atoms with Crippen LogP contribution in [-0.2, 0) is 9.57 Å². The predicted octanol–water partition coefficient (Wildman–Crippen LogP) is 0.923. The fourth-order valence-corrected chi connectivity index (χ4v) is 0.560. The van der Waals surface area contributed by atoms with Crippen molar-refractivity contribution in [2.24, 2.45) is 5.16 Å². The van der Waals surface area contributed by atoms with E-state index < -0.39 is 0 Å². The molecule has 0 saturated heterocycles. The van der Waals surface area contributed by atoms with Gasteiger partial charge >= 0.3 is 0 Å². The van der Waals surface area contributed by atoms with Gasteiger partial charge in [-0.25, -0.2) is 0 Å². The maximum atomic E-state index is 5.07. The summed E-state index contributed by atoms with van der Waals surface area (Å²) in [6.07, 6.45) is 2.38. The van der Waals surface area contributed by atoms with Crippen LogP contribution in [0.1, 0.15) is 6.42 Å². The molecule has 0 bridgehead atoms. The van der Waals surface area contributed by atoms with Crippen LogP contribution in [0.15, 0.2) is 17.8 Å². The van der Waals surface area contributed by atoms with Crippen LogP contribution in [0.2, 0.25) is 0 Å². The van der Waals surface area contributed by atoms with Gasteiger partial charge in [0, 0.05) is 6.42 Å². The fourth-order valence-electron chi connectivity index (χ4n) is 0.560. The number of ether oxygens (including phenoxy) is 1. The van der Waals surface area contributed by atoms with Crippen LogP contribution in [0.25, 0.3) is 0 Å². The molecule has 1 heterocycles. The number of hydrogen-bond donors (Lipinski definition) is 0. The van der Waals surface area contributed by atoms with E-state index in [0.717, 1.165) is 0 Å². The molecule has 0 amide bonds. The average Bonchev–Trinajstić information content (AvgIpc) is 1.91. The molecule has 3 nitrogen and oxygen atoms in total. The highest BCUT2D eigenvalue weighted by molar-refractivity contribution is 5.77. The fraction of sp³-hybridized carbons (Fsp3) is 0.500. The zero-order valence-electron chi connectivity index (χ0n) is 5.17. The highest BCUT2D eigenvalue weighted by atomic mass is 16.7. The van der Waals surface area contributed by atoms with E-state index in [-0.39, 0.29) is 0 Å². The van der Waals surface area contributed by atoms with Crippen LogP contribution in [0, 0.1) is 0 Å². The van der Waals surface area contributed by atoms with Crippen molar-refractivity contribution >= 4 is 5.90 Å². The van der Waals surface area contributed by atoms with Crippen molar-refractivity contribution in [3.63, 3.8) is 0 Å². The summed E-state index contributed by atoms with van der Waals surface area (Å²) in [5, 5.41) is 3.64. The summed E-state index contributed by atoms with van der Waals surface area (Å²) in [5.74, 6) is 0.622. The molecular weight excluding hydrogens is 118 g/mol. The zero-order valence-corrected chi connectivity index (χ0v) is 5.17. The lowest BCUT2D eigenvalue weighted by atomic mass is 10.4. The number of rotatable bonds is 2. The van der Waals surface area contributed by atoms with E-state index in [4.69, 9.17) is 9.57 Å². The minimum atomic E-state index is 0.556. The molecule has 1 rings (SSSR count). The van der Waals surface area contributed by atoms with E-state index in [1.54, 1.807) is 6.08 Å². The Morgan fingerprint density at radius 1 is 1.67 bits per heavy atom. The minimum absolute atomic E-state index is 0.556. The SMILES string of the molecule is C=CCC1=NOCCO1. The number of hydrogen-bond acceptors (Lipinski definition) is 3. The Labute approximate surface area is 53.9 Å². The van der Waals surface area contributed by atoms with Gasteiger partial charge in [0.25, 0.3) is 0 Å². The quantitative estimate of drug-likeness (QED) is 0.516. The first-order valence-electron chi connectivity index (χ1n) is 2.86. The molecule has 0 aromatic rings. The summed E-state index contributed by atoms with van der Waals surface area (Å²) < 4.78 is 5.07. The van der Waals surface area contributed by atoms with Gasteiger partial charge in [0.05, 0.1) is 0 Å². The van der Waals surface area contributed by atoms with Crippen molar-refractivity contribution in [2.75, 3.05) is 13.2 Å². The molecule has 1 aliphatic rings. The van der Waals surface area contributed by atoms with E-state index in [9.17, 15) is 0 Å². The van der Waals surface area contributed by atoms with Crippen molar-refractivity contribution in [1.82, 2.24) is 0 Å². The van der Waals surface area contributed by atoms with Gasteiger partial charge in [-0.3, -0.25) is 0 Å². The molecule has 0 radical (unpaired) electrons. The van der Waals surface area contributed by atoms with Crippen molar-refractivity contribution in [2.45, 2.75) is 6.42 Å². The molecule has 0 fully saturated rings. The Hall–Kier alpha value is -0.990. The van der Waals surface area contributed by atoms with Gasteiger partial charge in [-0.1, -0.05) is 11.2 Å². The Morgan fingerprint density at radius 2 is 2.56 bits per heavy atom. The highest BCUT2D eigenvalue weighted by Crippen LogP contribution is 1.97. The Kier molecular flexibility index (Phi) is 2.13. The van der Waals surface area contributed by atoms with Crippen LogP contribution >= 0.6 is 0 Å². The second kappa shape index (κ2) is 3.12. The molecule has 1 aliphatic heterocycles. The molecular formula is C6H9NO2. The van der Waals surface area contributed by atoms with Gasteiger partial charge < -0.3 is 9.57 Å². The Balaban J connectivity index is 2.36. The minimum Gasteiger partial charge on any atom is -0.475 e. The topological polar surface area (TPSA) is 30.8 Å². The summed E-state index contributed by atoms with van der Waals surface area (Å²) in [6, 6.07) is 0. The van der Waals surface area contributed by atoms with Gasteiger partial charge in [0.2, 0.25) is 5.90 Å². The largest absolute Gasteiger partial charge is 0.475 e. The molecule has 0 saturated carbocycles. The third-order valence-electron chi connectivity index (χ3n) is 0.929. The van der Waals surface area contributed by atoms with Crippen LogP contribution in [-0.4, -0.2) is 19.1 Å². The van der Waals surface area contributed by atoms with Gasteiger partial charge in [-0.05, 0) is 0 Å². The summed E-state index contributed by atoms with van der Waals surface area (Å²) in [5.41, 5.74) is 0. The predicted molar refractivity (Wildman–Crippen MR) is 34.2 cm³/mol. The second-order valence-electron chi connectivity index (χ2n) is 1.66. The van der Waals surface area contributed by atoms with Gasteiger partial charge in [0.15, 0.2) is 6.61 Å². The standard InChI is InChI=1S/C6H9NO2/c1-2-3-6-7-9-5-4-8-6/h2H,1,3-5H2. The van der Waals surface area contributed by atoms with Gasteiger partial charge in [-0.15, -0.1) is 6.58 Å². The monoisotopic (exact) mass is 127 g/mol. The molecule has 0 atom stereocenters. The molecule has 0 aromatic carbocycles. The van der Waals surface area contributed by atoms with E-state index in [2.05, 4.69) is 11.7 Å². The normalized spacial score (nSPS) is 17.1. The lowest BCUT2D eigenvalue weighted by Crippen LogP contribution is -2.14. The highest BCUT2D eigenvalue weighted by Gasteiger charge is 2.03. The molecule has 0 N–H and O–H groups in total. The molecule has 3 heteroatoms. The molecule has 9 heavy (non-hydrogen) atoms. The summed E-state index contributed by atoms with van der Waals surface area (Å²) in [4.78, 5) is 4.75. The first-order chi connectivity index (χ1) is 4.43. The average molecular weight is 127 g/mol. The van der Waals surface area contributed by atoms with Gasteiger partial charge in [0.1, 0.15) is 6.61 Å². The third-order valence-corrected chi connectivity index (χ3v) is 0.929. The summed E-state index contributed by atoms with van der Waals surface area (Å²) in [7, 11) is 0. The van der Waals surface area contributed by atoms with E-state index in [1.807, 2.05) is 0 Å². The molecule has 0 unspecified atom stereocenters. The number of oxime groups is 1. The molecule has 0 aliphatic carbocycles. The maximum absolute atomic E-state index is 5.07. The summed E-state index contributed by atoms with van der Waals surface area (Å²) >= 11 is 0. The van der Waals surface area contributed by atoms with Crippen LogP contribution in [0.3, 0.4) is 0 Å². The first-order valence-corrected chi connectivity index (χ1v) is 2.86. The van der Waals surface area contributed by atoms with Crippen molar-refractivity contribution in [3.05, 3.63) is 12.7 Å². The van der Waals surface area contributed by atoms with E-state index in [1.165, 1.54) is 0 Å². The maximum Gasteiger partial charge on any atom is 0.229 e. The van der Waals surface area contributed by atoms with Gasteiger partial charge in [-0.2, -0.15) is 0 Å². The van der Waals surface area contributed by atoms with Crippen molar-refractivity contribution < 1.29 is 9.57 Å². The molecule has 0 spiro atoms. The second-order valence-corrected chi connectivity index (χ2v) is 1.66.